The summed E-state index contributed by atoms with van der Waals surface area (Å²) < 4.78 is 6.73. The molecule has 2 amide bonds. The monoisotopic (exact) mass is 412 g/mol. The first-order valence-corrected chi connectivity index (χ1v) is 9.24. The number of amides is 2. The molecular weight excluding hydrogens is 392 g/mol. The van der Waals surface area contributed by atoms with E-state index in [2.05, 4.69) is 10.4 Å². The maximum Gasteiger partial charge on any atom is 0.276 e. The predicted octanol–water partition coefficient (Wildman–Crippen LogP) is 3.61. The number of nitrogens with one attached hydrogen (secondary N) is 1. The SMILES string of the molecule is COc1cccc(C(=O)N(C)Cc2cccc(Cl)c2NC(=O)c2ccn(C)n2)c1. The van der Waals surface area contributed by atoms with Gasteiger partial charge in [-0.3, -0.25) is 14.3 Å². The molecule has 8 heteroatoms. The van der Waals surface area contributed by atoms with Gasteiger partial charge in [0.15, 0.2) is 5.69 Å². The molecule has 3 rings (SSSR count). The van der Waals surface area contributed by atoms with Gasteiger partial charge in [-0.15, -0.1) is 0 Å². The van der Waals surface area contributed by atoms with Crippen LogP contribution in [-0.4, -0.2) is 40.7 Å². The molecule has 0 aliphatic rings. The van der Waals surface area contributed by atoms with E-state index in [1.54, 1.807) is 79.4 Å². The van der Waals surface area contributed by atoms with Crippen molar-refractivity contribution in [3.05, 3.63) is 76.6 Å². The molecule has 0 spiro atoms. The highest BCUT2D eigenvalue weighted by Crippen LogP contribution is 2.28. The summed E-state index contributed by atoms with van der Waals surface area (Å²) in [5, 5.41) is 7.29. The van der Waals surface area contributed by atoms with Crippen molar-refractivity contribution >= 4 is 29.1 Å². The second kappa shape index (κ2) is 8.79. The van der Waals surface area contributed by atoms with Gasteiger partial charge in [0.25, 0.3) is 11.8 Å². The van der Waals surface area contributed by atoms with E-state index in [0.29, 0.717) is 27.6 Å². The van der Waals surface area contributed by atoms with E-state index in [1.165, 1.54) is 0 Å². The largest absolute Gasteiger partial charge is 0.497 e. The zero-order valence-corrected chi connectivity index (χ0v) is 17.1. The molecule has 3 aromatic rings. The lowest BCUT2D eigenvalue weighted by molar-refractivity contribution is 0.0785. The van der Waals surface area contributed by atoms with Crippen LogP contribution in [0.2, 0.25) is 5.02 Å². The summed E-state index contributed by atoms with van der Waals surface area (Å²) in [6, 6.07) is 13.8. The van der Waals surface area contributed by atoms with Gasteiger partial charge in [-0.25, -0.2) is 0 Å². The van der Waals surface area contributed by atoms with Gasteiger partial charge < -0.3 is 15.0 Å². The van der Waals surface area contributed by atoms with Crippen LogP contribution in [0.1, 0.15) is 26.4 Å². The lowest BCUT2D eigenvalue weighted by atomic mass is 10.1. The average molecular weight is 413 g/mol. The van der Waals surface area contributed by atoms with Crippen molar-refractivity contribution in [2.45, 2.75) is 6.54 Å². The average Bonchev–Trinajstić information content (AvgIpc) is 3.16. The van der Waals surface area contributed by atoms with E-state index in [-0.39, 0.29) is 24.1 Å². The number of aromatic nitrogens is 2. The Morgan fingerprint density at radius 3 is 2.66 bits per heavy atom. The number of hydrogen-bond acceptors (Lipinski definition) is 4. The molecule has 0 aliphatic carbocycles. The number of hydrogen-bond donors (Lipinski definition) is 1. The fourth-order valence-corrected chi connectivity index (χ4v) is 3.10. The van der Waals surface area contributed by atoms with Crippen molar-refractivity contribution in [1.82, 2.24) is 14.7 Å². The van der Waals surface area contributed by atoms with Crippen molar-refractivity contribution in [2.24, 2.45) is 7.05 Å². The van der Waals surface area contributed by atoms with Crippen molar-refractivity contribution < 1.29 is 14.3 Å². The second-order valence-corrected chi connectivity index (χ2v) is 6.90. The molecule has 0 bridgehead atoms. The van der Waals surface area contributed by atoms with Crippen LogP contribution in [0, 0.1) is 0 Å². The zero-order chi connectivity index (χ0) is 21.0. The fraction of sp³-hybridized carbons (Fsp3) is 0.190. The highest BCUT2D eigenvalue weighted by Gasteiger charge is 2.18. The Morgan fingerprint density at radius 1 is 1.21 bits per heavy atom. The van der Waals surface area contributed by atoms with Gasteiger partial charge in [-0.05, 0) is 35.9 Å². The number of carbonyl (C=O) groups excluding carboxylic acids is 2. The van der Waals surface area contributed by atoms with E-state index >= 15 is 0 Å². The fourth-order valence-electron chi connectivity index (χ4n) is 2.86. The number of nitrogens with zero attached hydrogens (tertiary/aromatic N) is 3. The number of para-hydroxylation sites is 1. The van der Waals surface area contributed by atoms with Crippen molar-refractivity contribution in [3.63, 3.8) is 0 Å². The number of carbonyl (C=O) groups is 2. The molecular formula is C21H21ClN4O3. The molecule has 0 aliphatic heterocycles. The van der Waals surface area contributed by atoms with Crippen molar-refractivity contribution in [2.75, 3.05) is 19.5 Å². The number of aryl methyl sites for hydroxylation is 1. The Kier molecular flexibility index (Phi) is 6.19. The van der Waals surface area contributed by atoms with Gasteiger partial charge in [0.1, 0.15) is 5.75 Å². The molecule has 0 saturated heterocycles. The quantitative estimate of drug-likeness (QED) is 0.671. The van der Waals surface area contributed by atoms with Crippen LogP contribution in [0.3, 0.4) is 0 Å². The van der Waals surface area contributed by atoms with Crippen LogP contribution in [0.25, 0.3) is 0 Å². The summed E-state index contributed by atoms with van der Waals surface area (Å²) in [7, 11) is 4.97. The van der Waals surface area contributed by atoms with Crippen LogP contribution in [-0.2, 0) is 13.6 Å². The standard InChI is InChI=1S/C21H21ClN4O3/c1-25(21(28)14-6-4-8-16(12-14)29-3)13-15-7-5-9-17(22)19(15)23-20(27)18-10-11-26(2)24-18/h4-12H,13H2,1-3H3,(H,23,27). The summed E-state index contributed by atoms with van der Waals surface area (Å²) in [5.41, 5.74) is 1.95. The summed E-state index contributed by atoms with van der Waals surface area (Å²) in [6.07, 6.45) is 1.68. The van der Waals surface area contributed by atoms with E-state index in [0.717, 1.165) is 0 Å². The van der Waals surface area contributed by atoms with Crippen LogP contribution >= 0.6 is 11.6 Å². The third kappa shape index (κ3) is 4.75. The van der Waals surface area contributed by atoms with Gasteiger partial charge in [-0.1, -0.05) is 29.8 Å². The molecule has 1 aromatic heterocycles. The molecule has 1 heterocycles. The summed E-state index contributed by atoms with van der Waals surface area (Å²) in [6.45, 7) is 0.258. The lowest BCUT2D eigenvalue weighted by Crippen LogP contribution is -2.27. The number of benzene rings is 2. The minimum absolute atomic E-state index is 0.175. The third-order valence-electron chi connectivity index (χ3n) is 4.36. The van der Waals surface area contributed by atoms with E-state index < -0.39 is 0 Å². The topological polar surface area (TPSA) is 76.5 Å². The van der Waals surface area contributed by atoms with Crippen molar-refractivity contribution in [1.29, 1.82) is 0 Å². The number of methoxy groups -OCH3 is 1. The Morgan fingerprint density at radius 2 is 1.97 bits per heavy atom. The van der Waals surface area contributed by atoms with Gasteiger partial charge in [0.2, 0.25) is 0 Å². The van der Waals surface area contributed by atoms with Crippen LogP contribution in [0.15, 0.2) is 54.7 Å². The highest BCUT2D eigenvalue weighted by molar-refractivity contribution is 6.34. The third-order valence-corrected chi connectivity index (χ3v) is 4.67. The lowest BCUT2D eigenvalue weighted by Gasteiger charge is -2.20. The Hall–Kier alpha value is -3.32. The molecule has 7 nitrogen and oxygen atoms in total. The Bertz CT molecular complexity index is 1050. The number of halogens is 1. The molecule has 2 aromatic carbocycles. The Labute approximate surface area is 173 Å². The van der Waals surface area contributed by atoms with Gasteiger partial charge in [0, 0.05) is 32.4 Å². The smallest absolute Gasteiger partial charge is 0.276 e. The molecule has 0 radical (unpaired) electrons. The maximum absolute atomic E-state index is 12.8. The van der Waals surface area contributed by atoms with Crippen LogP contribution < -0.4 is 10.1 Å². The molecule has 0 unspecified atom stereocenters. The van der Waals surface area contributed by atoms with E-state index in [4.69, 9.17) is 16.3 Å². The molecule has 0 saturated carbocycles. The van der Waals surface area contributed by atoms with Crippen LogP contribution in [0.5, 0.6) is 5.75 Å². The molecule has 29 heavy (non-hydrogen) atoms. The van der Waals surface area contributed by atoms with Gasteiger partial charge >= 0.3 is 0 Å². The first-order chi connectivity index (χ1) is 13.9. The zero-order valence-electron chi connectivity index (χ0n) is 16.3. The molecule has 0 fully saturated rings. The number of ether oxygens (including phenoxy) is 1. The van der Waals surface area contributed by atoms with Crippen molar-refractivity contribution in [3.8, 4) is 5.75 Å². The minimum atomic E-state index is -0.373. The summed E-state index contributed by atoms with van der Waals surface area (Å²) >= 11 is 6.33. The van der Waals surface area contributed by atoms with Gasteiger partial charge in [-0.2, -0.15) is 5.10 Å². The summed E-state index contributed by atoms with van der Waals surface area (Å²) in [4.78, 5) is 26.9. The minimum Gasteiger partial charge on any atom is -0.497 e. The second-order valence-electron chi connectivity index (χ2n) is 6.50. The number of anilines is 1. The number of rotatable bonds is 6. The first-order valence-electron chi connectivity index (χ1n) is 8.87. The van der Waals surface area contributed by atoms with Crippen LogP contribution in [0.4, 0.5) is 5.69 Å². The predicted molar refractivity (Wildman–Crippen MR) is 111 cm³/mol. The van der Waals surface area contributed by atoms with E-state index in [9.17, 15) is 9.59 Å². The maximum atomic E-state index is 12.8. The highest BCUT2D eigenvalue weighted by atomic mass is 35.5. The van der Waals surface area contributed by atoms with Gasteiger partial charge in [0.05, 0.1) is 17.8 Å². The normalized spacial score (nSPS) is 10.5. The molecule has 1 N–H and O–H groups in total. The molecule has 0 atom stereocenters. The summed E-state index contributed by atoms with van der Waals surface area (Å²) in [5.74, 6) is 0.0583. The first kappa shape index (κ1) is 20.4. The van der Waals surface area contributed by atoms with E-state index in [1.807, 2.05) is 6.07 Å². The molecule has 150 valence electrons. The Balaban J connectivity index is 1.80.